The Morgan fingerprint density at radius 1 is 1.53 bits per heavy atom. The summed E-state index contributed by atoms with van der Waals surface area (Å²) < 4.78 is 0. The number of carbonyl (C=O) groups is 1. The smallest absolute Gasteiger partial charge is 0.253 e. The summed E-state index contributed by atoms with van der Waals surface area (Å²) in [4.78, 5) is 11.7. The number of anilines is 1. The second kappa shape index (κ2) is 5.66. The zero-order valence-electron chi connectivity index (χ0n) is 9.04. The third kappa shape index (κ3) is 3.47. The maximum Gasteiger partial charge on any atom is 0.253 e. The van der Waals surface area contributed by atoms with Gasteiger partial charge in [-0.25, -0.2) is 0 Å². The lowest BCUT2D eigenvalue weighted by molar-refractivity contribution is 0.0957. The lowest BCUT2D eigenvalue weighted by atomic mass is 10.1. The Morgan fingerprint density at radius 3 is 2.93 bits per heavy atom. The van der Waals surface area contributed by atoms with E-state index in [0.717, 1.165) is 11.3 Å². The van der Waals surface area contributed by atoms with E-state index in [1.807, 2.05) is 25.3 Å². The van der Waals surface area contributed by atoms with Crippen molar-refractivity contribution in [3.05, 3.63) is 29.3 Å². The van der Waals surface area contributed by atoms with Crippen molar-refractivity contribution in [2.75, 3.05) is 24.3 Å². The molecule has 3 nitrogen and oxygen atoms in total. The fraction of sp³-hybridized carbons (Fsp3) is 0.364. The standard InChI is InChI=1S/C11H16N2OS/c1-8-3-4-10(12)9(7-8)11(14)13-5-6-15-2/h3-4,7H,5-6,12H2,1-2H3,(H,13,14). The lowest BCUT2D eigenvalue weighted by Gasteiger charge is -2.07. The molecule has 1 amide bonds. The predicted molar refractivity (Wildman–Crippen MR) is 66.3 cm³/mol. The van der Waals surface area contributed by atoms with E-state index < -0.39 is 0 Å². The van der Waals surface area contributed by atoms with Crippen LogP contribution in [0.15, 0.2) is 18.2 Å². The number of carbonyl (C=O) groups excluding carboxylic acids is 1. The van der Waals surface area contributed by atoms with E-state index in [9.17, 15) is 4.79 Å². The molecule has 0 atom stereocenters. The largest absolute Gasteiger partial charge is 0.398 e. The van der Waals surface area contributed by atoms with Gasteiger partial charge in [-0.15, -0.1) is 0 Å². The van der Waals surface area contributed by atoms with Crippen molar-refractivity contribution in [3.63, 3.8) is 0 Å². The molecule has 0 aromatic heterocycles. The first-order valence-corrected chi connectivity index (χ1v) is 6.18. The lowest BCUT2D eigenvalue weighted by Crippen LogP contribution is -2.26. The summed E-state index contributed by atoms with van der Waals surface area (Å²) in [5.74, 6) is 0.822. The summed E-state index contributed by atoms with van der Waals surface area (Å²) in [6, 6.07) is 5.47. The van der Waals surface area contributed by atoms with Gasteiger partial charge in [0.05, 0.1) is 5.56 Å². The molecule has 0 unspecified atom stereocenters. The van der Waals surface area contributed by atoms with Gasteiger partial charge in [-0.1, -0.05) is 11.6 Å². The van der Waals surface area contributed by atoms with Crippen molar-refractivity contribution in [3.8, 4) is 0 Å². The minimum atomic E-state index is -0.0924. The predicted octanol–water partition coefficient (Wildman–Crippen LogP) is 1.67. The van der Waals surface area contributed by atoms with Crippen molar-refractivity contribution in [2.45, 2.75) is 6.92 Å². The van der Waals surface area contributed by atoms with Crippen LogP contribution in [-0.4, -0.2) is 24.5 Å². The minimum Gasteiger partial charge on any atom is -0.398 e. The molecule has 0 heterocycles. The second-order valence-corrected chi connectivity index (χ2v) is 4.33. The summed E-state index contributed by atoms with van der Waals surface area (Å²) in [6.45, 7) is 2.62. The highest BCUT2D eigenvalue weighted by atomic mass is 32.2. The number of hydrogen-bond acceptors (Lipinski definition) is 3. The Morgan fingerprint density at radius 2 is 2.27 bits per heavy atom. The van der Waals surface area contributed by atoms with Crippen molar-refractivity contribution in [2.24, 2.45) is 0 Å². The first-order chi connectivity index (χ1) is 7.15. The van der Waals surface area contributed by atoms with Gasteiger partial charge >= 0.3 is 0 Å². The van der Waals surface area contributed by atoms with Crippen LogP contribution < -0.4 is 11.1 Å². The maximum atomic E-state index is 11.7. The van der Waals surface area contributed by atoms with E-state index in [1.165, 1.54) is 0 Å². The highest BCUT2D eigenvalue weighted by Crippen LogP contribution is 2.13. The number of nitrogens with one attached hydrogen (secondary N) is 1. The fourth-order valence-electron chi connectivity index (χ4n) is 1.23. The van der Waals surface area contributed by atoms with E-state index in [-0.39, 0.29) is 5.91 Å². The van der Waals surface area contributed by atoms with E-state index in [1.54, 1.807) is 17.8 Å². The van der Waals surface area contributed by atoms with Gasteiger partial charge in [0.15, 0.2) is 0 Å². The Hall–Kier alpha value is -1.16. The van der Waals surface area contributed by atoms with Crippen LogP contribution in [0, 0.1) is 6.92 Å². The van der Waals surface area contributed by atoms with E-state index in [0.29, 0.717) is 17.8 Å². The zero-order valence-corrected chi connectivity index (χ0v) is 9.86. The summed E-state index contributed by atoms with van der Waals surface area (Å²) in [6.07, 6.45) is 2.01. The Bertz CT molecular complexity index is 352. The topological polar surface area (TPSA) is 55.1 Å². The van der Waals surface area contributed by atoms with Gasteiger partial charge in [-0.05, 0) is 25.3 Å². The summed E-state index contributed by atoms with van der Waals surface area (Å²) in [7, 11) is 0. The number of nitrogen functional groups attached to an aromatic ring is 1. The SMILES string of the molecule is CSCCNC(=O)c1cc(C)ccc1N. The molecule has 0 aliphatic carbocycles. The average Bonchev–Trinajstić information content (AvgIpc) is 2.22. The number of thioether (sulfide) groups is 1. The van der Waals surface area contributed by atoms with Gasteiger partial charge in [-0.2, -0.15) is 11.8 Å². The molecule has 1 rings (SSSR count). The van der Waals surface area contributed by atoms with Crippen molar-refractivity contribution in [1.29, 1.82) is 0 Å². The fourth-order valence-corrected chi connectivity index (χ4v) is 1.53. The number of amides is 1. The Balaban J connectivity index is 2.68. The Labute approximate surface area is 94.4 Å². The number of nitrogens with two attached hydrogens (primary N) is 1. The molecule has 4 heteroatoms. The molecular weight excluding hydrogens is 208 g/mol. The van der Waals surface area contributed by atoms with Gasteiger partial charge in [0.2, 0.25) is 0 Å². The second-order valence-electron chi connectivity index (χ2n) is 3.34. The van der Waals surface area contributed by atoms with Crippen LogP contribution in [0.4, 0.5) is 5.69 Å². The summed E-state index contributed by atoms with van der Waals surface area (Å²) in [5, 5.41) is 2.83. The zero-order chi connectivity index (χ0) is 11.3. The van der Waals surface area contributed by atoms with Gasteiger partial charge in [-0.3, -0.25) is 4.79 Å². The molecule has 0 bridgehead atoms. The van der Waals surface area contributed by atoms with Crippen LogP contribution in [0.1, 0.15) is 15.9 Å². The number of aryl methyl sites for hydroxylation is 1. The van der Waals surface area contributed by atoms with Gasteiger partial charge in [0.25, 0.3) is 5.91 Å². The number of benzene rings is 1. The third-order valence-corrected chi connectivity index (χ3v) is 2.66. The highest BCUT2D eigenvalue weighted by Gasteiger charge is 2.08. The van der Waals surface area contributed by atoms with Crippen LogP contribution in [0.2, 0.25) is 0 Å². The molecule has 0 saturated carbocycles. The van der Waals surface area contributed by atoms with Gasteiger partial charge < -0.3 is 11.1 Å². The molecule has 82 valence electrons. The molecule has 1 aromatic carbocycles. The number of hydrogen-bond donors (Lipinski definition) is 2. The van der Waals surface area contributed by atoms with Crippen molar-refractivity contribution < 1.29 is 4.79 Å². The van der Waals surface area contributed by atoms with Crippen LogP contribution in [0.3, 0.4) is 0 Å². The van der Waals surface area contributed by atoms with Gasteiger partial charge in [0.1, 0.15) is 0 Å². The molecule has 0 aliphatic heterocycles. The highest BCUT2D eigenvalue weighted by molar-refractivity contribution is 7.98. The molecule has 1 aromatic rings. The van der Waals surface area contributed by atoms with E-state index >= 15 is 0 Å². The first-order valence-electron chi connectivity index (χ1n) is 4.78. The molecule has 0 saturated heterocycles. The van der Waals surface area contributed by atoms with Crippen molar-refractivity contribution in [1.82, 2.24) is 5.32 Å². The normalized spacial score (nSPS) is 10.0. The maximum absolute atomic E-state index is 11.7. The monoisotopic (exact) mass is 224 g/mol. The average molecular weight is 224 g/mol. The molecule has 0 spiro atoms. The number of rotatable bonds is 4. The quantitative estimate of drug-likeness (QED) is 0.604. The summed E-state index contributed by atoms with van der Waals surface area (Å²) >= 11 is 1.70. The van der Waals surface area contributed by atoms with Crippen LogP contribution in [0.5, 0.6) is 0 Å². The third-order valence-electron chi connectivity index (χ3n) is 2.05. The minimum absolute atomic E-state index is 0.0924. The van der Waals surface area contributed by atoms with E-state index in [4.69, 9.17) is 5.73 Å². The molecule has 3 N–H and O–H groups in total. The summed E-state index contributed by atoms with van der Waals surface area (Å²) in [5.41, 5.74) is 7.87. The van der Waals surface area contributed by atoms with Crippen LogP contribution in [-0.2, 0) is 0 Å². The van der Waals surface area contributed by atoms with Crippen molar-refractivity contribution >= 4 is 23.4 Å². The molecular formula is C11H16N2OS. The Kier molecular flexibility index (Phi) is 4.49. The van der Waals surface area contributed by atoms with Crippen LogP contribution in [0.25, 0.3) is 0 Å². The van der Waals surface area contributed by atoms with E-state index in [2.05, 4.69) is 5.32 Å². The first kappa shape index (κ1) is 11.9. The van der Waals surface area contributed by atoms with Crippen LogP contribution >= 0.6 is 11.8 Å². The van der Waals surface area contributed by atoms with Gasteiger partial charge in [0, 0.05) is 18.0 Å². The molecule has 0 radical (unpaired) electrons. The molecule has 0 aliphatic rings. The molecule has 15 heavy (non-hydrogen) atoms. The molecule has 0 fully saturated rings.